The maximum atomic E-state index is 6.09. The molecule has 2 N–H and O–H groups in total. The highest BCUT2D eigenvalue weighted by molar-refractivity contribution is 7.09. The van der Waals surface area contributed by atoms with Gasteiger partial charge < -0.3 is 19.9 Å². The Kier molecular flexibility index (Phi) is 8.95. The molecule has 0 saturated heterocycles. The van der Waals surface area contributed by atoms with Crippen LogP contribution in [0.5, 0.6) is 0 Å². The third kappa shape index (κ3) is 7.44. The number of nitrogens with one attached hydrogen (secondary N) is 2. The Morgan fingerprint density at radius 1 is 1.21 bits per heavy atom. The normalized spacial score (nSPS) is 16.0. The van der Waals surface area contributed by atoms with E-state index in [1.807, 2.05) is 18.5 Å². The van der Waals surface area contributed by atoms with Crippen LogP contribution in [0.15, 0.2) is 22.5 Å². The van der Waals surface area contributed by atoms with E-state index < -0.39 is 0 Å². The quantitative estimate of drug-likeness (QED) is 0.283. The minimum atomic E-state index is 0.424. The highest BCUT2D eigenvalue weighted by Crippen LogP contribution is 2.19. The first-order chi connectivity index (χ1) is 14.2. The Labute approximate surface area is 178 Å². The largest absolute Gasteiger partial charge is 0.376 e. The van der Waals surface area contributed by atoms with Crippen molar-refractivity contribution in [2.45, 2.75) is 64.5 Å². The first-order valence-corrected chi connectivity index (χ1v) is 11.6. The molecule has 0 radical (unpaired) electrons. The molecular weight excluding hydrogens is 384 g/mol. The van der Waals surface area contributed by atoms with E-state index in [4.69, 9.17) is 9.73 Å². The van der Waals surface area contributed by atoms with Gasteiger partial charge in [-0.25, -0.2) is 4.99 Å². The number of thiophene rings is 1. The number of hydrogen-bond donors (Lipinski definition) is 2. The molecule has 3 rings (SSSR count). The third-order valence-electron chi connectivity index (χ3n) is 5.36. The van der Waals surface area contributed by atoms with Gasteiger partial charge >= 0.3 is 0 Å². The summed E-state index contributed by atoms with van der Waals surface area (Å²) in [6.07, 6.45) is 9.11. The fraction of sp³-hybridized carbons (Fsp3) is 0.667. The van der Waals surface area contributed by atoms with Crippen molar-refractivity contribution in [1.29, 1.82) is 0 Å². The zero-order valence-electron chi connectivity index (χ0n) is 17.7. The Bertz CT molecular complexity index is 734. The molecule has 0 aliphatic heterocycles. The molecule has 1 fully saturated rings. The third-order valence-corrected chi connectivity index (χ3v) is 6.29. The number of aliphatic imine (C=N–C) groups is 1. The van der Waals surface area contributed by atoms with Gasteiger partial charge in [-0.2, -0.15) is 0 Å². The predicted molar refractivity (Wildman–Crippen MR) is 118 cm³/mol. The highest BCUT2D eigenvalue weighted by Gasteiger charge is 2.12. The van der Waals surface area contributed by atoms with Gasteiger partial charge in [0.1, 0.15) is 12.4 Å². The Balaban J connectivity index is 1.47. The lowest BCUT2D eigenvalue weighted by molar-refractivity contribution is 0.0468. The molecule has 8 heteroatoms. The van der Waals surface area contributed by atoms with Gasteiger partial charge in [-0.15, -0.1) is 21.5 Å². The predicted octanol–water partition coefficient (Wildman–Crippen LogP) is 3.20. The van der Waals surface area contributed by atoms with Crippen LogP contribution in [-0.4, -0.2) is 46.5 Å². The summed E-state index contributed by atoms with van der Waals surface area (Å²) < 4.78 is 8.07. The second kappa shape index (κ2) is 11.9. The summed E-state index contributed by atoms with van der Waals surface area (Å²) in [7, 11) is 1.97. The van der Waals surface area contributed by atoms with Crippen LogP contribution in [0.25, 0.3) is 0 Å². The van der Waals surface area contributed by atoms with E-state index in [0.717, 1.165) is 37.1 Å². The fourth-order valence-corrected chi connectivity index (χ4v) is 4.18. The smallest absolute Gasteiger partial charge is 0.191 e. The summed E-state index contributed by atoms with van der Waals surface area (Å²) >= 11 is 1.79. The molecule has 2 aromatic rings. The number of nitrogens with zero attached hydrogens (tertiary/aromatic N) is 4. The zero-order chi connectivity index (χ0) is 20.3. The second-order valence-electron chi connectivity index (χ2n) is 7.55. The molecule has 0 unspecified atom stereocenters. The molecule has 2 aromatic heterocycles. The fourth-order valence-electron chi connectivity index (χ4n) is 3.48. The maximum absolute atomic E-state index is 6.09. The maximum Gasteiger partial charge on any atom is 0.191 e. The molecule has 2 heterocycles. The van der Waals surface area contributed by atoms with Crippen molar-refractivity contribution in [3.05, 3.63) is 34.0 Å². The van der Waals surface area contributed by atoms with Crippen LogP contribution in [0.1, 0.15) is 55.1 Å². The van der Waals surface area contributed by atoms with Crippen molar-refractivity contribution in [2.75, 3.05) is 19.7 Å². The van der Waals surface area contributed by atoms with Crippen LogP contribution < -0.4 is 10.6 Å². The van der Waals surface area contributed by atoms with E-state index in [9.17, 15) is 0 Å². The van der Waals surface area contributed by atoms with E-state index in [0.29, 0.717) is 19.3 Å². The van der Waals surface area contributed by atoms with Crippen molar-refractivity contribution in [3.63, 3.8) is 0 Å². The lowest BCUT2D eigenvalue weighted by Crippen LogP contribution is -2.40. The molecule has 0 amide bonds. The Morgan fingerprint density at radius 2 is 2.00 bits per heavy atom. The standard InChI is InChI=1S/C21H34N6OS/c1-17-25-26-20(27(17)2)16-24-21(22-12-11-19-10-7-15-29-19)23-13-14-28-18-8-5-3-4-6-9-18/h7,10,15,18H,3-6,8-9,11-14,16H2,1-2H3,(H2,22,23,24). The van der Waals surface area contributed by atoms with Gasteiger partial charge in [-0.05, 0) is 37.6 Å². The molecule has 7 nitrogen and oxygen atoms in total. The molecule has 1 aliphatic rings. The van der Waals surface area contributed by atoms with Gasteiger partial charge in [0, 0.05) is 25.0 Å². The summed E-state index contributed by atoms with van der Waals surface area (Å²) in [5, 5.41) is 17.3. The molecule has 1 saturated carbocycles. The van der Waals surface area contributed by atoms with Crippen molar-refractivity contribution in [2.24, 2.45) is 12.0 Å². The number of ether oxygens (including phenoxy) is 1. The van der Waals surface area contributed by atoms with Gasteiger partial charge in [0.25, 0.3) is 0 Å². The molecule has 29 heavy (non-hydrogen) atoms. The number of aromatic nitrogens is 3. The Morgan fingerprint density at radius 3 is 2.69 bits per heavy atom. The highest BCUT2D eigenvalue weighted by atomic mass is 32.1. The zero-order valence-corrected chi connectivity index (χ0v) is 18.5. The molecule has 1 aliphatic carbocycles. The van der Waals surface area contributed by atoms with Crippen molar-refractivity contribution >= 4 is 17.3 Å². The van der Waals surface area contributed by atoms with Gasteiger partial charge in [0.2, 0.25) is 0 Å². The Hall–Kier alpha value is -1.93. The van der Waals surface area contributed by atoms with E-state index in [-0.39, 0.29) is 0 Å². The van der Waals surface area contributed by atoms with Crippen LogP contribution >= 0.6 is 11.3 Å². The monoisotopic (exact) mass is 418 g/mol. The lowest BCUT2D eigenvalue weighted by atomic mass is 10.1. The summed E-state index contributed by atoms with van der Waals surface area (Å²) in [5.74, 6) is 2.55. The molecule has 0 aromatic carbocycles. The average Bonchev–Trinajstić information content (AvgIpc) is 3.26. The van der Waals surface area contributed by atoms with Gasteiger partial charge in [-0.1, -0.05) is 31.7 Å². The van der Waals surface area contributed by atoms with E-state index in [2.05, 4.69) is 38.3 Å². The van der Waals surface area contributed by atoms with Crippen molar-refractivity contribution < 1.29 is 4.74 Å². The van der Waals surface area contributed by atoms with Crippen LogP contribution in [-0.2, 0) is 24.8 Å². The molecule has 0 bridgehead atoms. The van der Waals surface area contributed by atoms with Crippen LogP contribution in [0.3, 0.4) is 0 Å². The van der Waals surface area contributed by atoms with Crippen molar-refractivity contribution in [3.8, 4) is 0 Å². The number of aryl methyl sites for hydroxylation is 1. The second-order valence-corrected chi connectivity index (χ2v) is 8.59. The molecular formula is C21H34N6OS. The van der Waals surface area contributed by atoms with Gasteiger partial charge in [-0.3, -0.25) is 0 Å². The number of rotatable bonds is 9. The molecule has 0 atom stereocenters. The number of hydrogen-bond acceptors (Lipinski definition) is 5. The molecule has 160 valence electrons. The van der Waals surface area contributed by atoms with Gasteiger partial charge in [0.15, 0.2) is 11.8 Å². The van der Waals surface area contributed by atoms with Gasteiger partial charge in [0.05, 0.1) is 12.7 Å². The minimum Gasteiger partial charge on any atom is -0.376 e. The molecule has 0 spiro atoms. The SMILES string of the molecule is Cc1nnc(CN=C(NCCOC2CCCCCC2)NCCc2cccs2)n1C. The van der Waals surface area contributed by atoms with E-state index >= 15 is 0 Å². The van der Waals surface area contributed by atoms with Crippen LogP contribution in [0.4, 0.5) is 0 Å². The summed E-state index contributed by atoms with van der Waals surface area (Å²) in [6, 6.07) is 4.26. The van der Waals surface area contributed by atoms with Crippen LogP contribution in [0.2, 0.25) is 0 Å². The topological polar surface area (TPSA) is 76.4 Å². The average molecular weight is 419 g/mol. The lowest BCUT2D eigenvalue weighted by Gasteiger charge is -2.17. The minimum absolute atomic E-state index is 0.424. The summed E-state index contributed by atoms with van der Waals surface area (Å²) in [6.45, 7) is 4.74. The van der Waals surface area contributed by atoms with Crippen molar-refractivity contribution in [1.82, 2.24) is 25.4 Å². The van der Waals surface area contributed by atoms with E-state index in [1.54, 1.807) is 11.3 Å². The van der Waals surface area contributed by atoms with E-state index in [1.165, 1.54) is 43.4 Å². The summed E-state index contributed by atoms with van der Waals surface area (Å²) in [4.78, 5) is 6.08. The summed E-state index contributed by atoms with van der Waals surface area (Å²) in [5.41, 5.74) is 0. The number of guanidine groups is 1. The first-order valence-electron chi connectivity index (χ1n) is 10.7. The first kappa shape index (κ1) is 21.8. The van der Waals surface area contributed by atoms with Crippen LogP contribution in [0, 0.1) is 6.92 Å².